The van der Waals surface area contributed by atoms with E-state index in [1.165, 1.54) is 15.8 Å². The highest BCUT2D eigenvalue weighted by atomic mass is 16.5. The first-order valence-electron chi connectivity index (χ1n) is 10.8. The maximum atomic E-state index is 12.6. The van der Waals surface area contributed by atoms with Gasteiger partial charge in [-0.25, -0.2) is 4.98 Å². The van der Waals surface area contributed by atoms with E-state index in [0.29, 0.717) is 17.4 Å². The predicted molar refractivity (Wildman–Crippen MR) is 129 cm³/mol. The van der Waals surface area contributed by atoms with Crippen LogP contribution in [0, 0.1) is 6.92 Å². The summed E-state index contributed by atoms with van der Waals surface area (Å²) in [6.07, 6.45) is 1.32. The third-order valence-electron chi connectivity index (χ3n) is 5.67. The Balaban J connectivity index is 1.34. The quantitative estimate of drug-likeness (QED) is 0.395. The molecule has 0 N–H and O–H groups in total. The maximum Gasteiger partial charge on any atom is 0.326 e. The molecular formula is C26H25N3O5. The number of likely N-dealkylation sites (N-methyl/N-ethyl adjacent to an activating group) is 1. The molecule has 0 saturated carbocycles. The monoisotopic (exact) mass is 459 g/mol. The van der Waals surface area contributed by atoms with Gasteiger partial charge in [-0.1, -0.05) is 30.3 Å². The van der Waals surface area contributed by atoms with Crippen LogP contribution in [-0.2, 0) is 27.4 Å². The second-order valence-electron chi connectivity index (χ2n) is 8.11. The van der Waals surface area contributed by atoms with Gasteiger partial charge in [0.05, 0.1) is 24.3 Å². The zero-order chi connectivity index (χ0) is 24.2. The number of ether oxygens (including phenoxy) is 2. The van der Waals surface area contributed by atoms with Crippen molar-refractivity contribution in [1.82, 2.24) is 14.5 Å². The first-order chi connectivity index (χ1) is 16.4. The van der Waals surface area contributed by atoms with Crippen molar-refractivity contribution in [2.24, 2.45) is 0 Å². The van der Waals surface area contributed by atoms with Crippen LogP contribution in [0.2, 0.25) is 0 Å². The molecule has 8 nitrogen and oxygen atoms in total. The van der Waals surface area contributed by atoms with Crippen LogP contribution in [0.25, 0.3) is 21.7 Å². The Labute approximate surface area is 196 Å². The molecule has 1 amide bonds. The van der Waals surface area contributed by atoms with E-state index in [0.717, 1.165) is 27.6 Å². The number of esters is 1. The zero-order valence-electron chi connectivity index (χ0n) is 19.3. The lowest BCUT2D eigenvalue weighted by Crippen LogP contribution is -2.32. The number of rotatable bonds is 7. The summed E-state index contributed by atoms with van der Waals surface area (Å²) in [5.41, 5.74) is 2.10. The average molecular weight is 460 g/mol. The third-order valence-corrected chi connectivity index (χ3v) is 5.67. The number of para-hydroxylation sites is 1. The minimum Gasteiger partial charge on any atom is -0.497 e. The molecule has 0 atom stereocenters. The van der Waals surface area contributed by atoms with E-state index >= 15 is 0 Å². The van der Waals surface area contributed by atoms with Crippen LogP contribution in [-0.4, -0.2) is 47.1 Å². The van der Waals surface area contributed by atoms with E-state index in [1.54, 1.807) is 26.3 Å². The van der Waals surface area contributed by atoms with Crippen LogP contribution in [0.15, 0.2) is 65.7 Å². The number of hydrogen-bond acceptors (Lipinski definition) is 6. The van der Waals surface area contributed by atoms with Crippen LogP contribution >= 0.6 is 0 Å². The molecule has 0 aliphatic heterocycles. The molecule has 0 aliphatic rings. The van der Waals surface area contributed by atoms with Gasteiger partial charge in [0.15, 0.2) is 6.61 Å². The molecule has 4 aromatic rings. The molecule has 4 rings (SSSR count). The van der Waals surface area contributed by atoms with Crippen LogP contribution in [0.1, 0.15) is 11.1 Å². The van der Waals surface area contributed by atoms with E-state index in [1.807, 2.05) is 49.4 Å². The van der Waals surface area contributed by atoms with Crippen LogP contribution in [0.4, 0.5) is 0 Å². The van der Waals surface area contributed by atoms with Gasteiger partial charge in [0.2, 0.25) is 0 Å². The molecule has 174 valence electrons. The number of methoxy groups -OCH3 is 1. The van der Waals surface area contributed by atoms with Gasteiger partial charge < -0.3 is 14.4 Å². The van der Waals surface area contributed by atoms with E-state index in [2.05, 4.69) is 4.98 Å². The van der Waals surface area contributed by atoms with Gasteiger partial charge in [-0.3, -0.25) is 19.0 Å². The summed E-state index contributed by atoms with van der Waals surface area (Å²) in [7, 11) is 3.27. The molecule has 1 heterocycles. The van der Waals surface area contributed by atoms with Gasteiger partial charge in [-0.15, -0.1) is 0 Å². The normalized spacial score (nSPS) is 10.9. The summed E-state index contributed by atoms with van der Waals surface area (Å²) in [5, 5.41) is 2.51. The maximum absolute atomic E-state index is 12.6. The molecule has 0 spiro atoms. The highest BCUT2D eigenvalue weighted by Gasteiger charge is 2.15. The molecule has 0 fully saturated rings. The lowest BCUT2D eigenvalue weighted by Gasteiger charge is -2.18. The smallest absolute Gasteiger partial charge is 0.326 e. The SMILES string of the molecule is COc1ccc2cc(CN(C)C(=O)COC(=O)Cn3cnc4c(C)cccc4c3=O)ccc2c1. The molecule has 0 aliphatic carbocycles. The van der Waals surface area contributed by atoms with Gasteiger partial charge in [0.1, 0.15) is 12.3 Å². The van der Waals surface area contributed by atoms with Crippen LogP contribution in [0.5, 0.6) is 5.75 Å². The molecular weight excluding hydrogens is 434 g/mol. The van der Waals surface area contributed by atoms with Crippen molar-refractivity contribution < 1.29 is 19.1 Å². The molecule has 0 saturated heterocycles. The lowest BCUT2D eigenvalue weighted by atomic mass is 10.1. The Hall–Kier alpha value is -4.20. The number of benzene rings is 3. The van der Waals surface area contributed by atoms with Crippen LogP contribution in [0.3, 0.4) is 0 Å². The van der Waals surface area contributed by atoms with Gasteiger partial charge in [-0.2, -0.15) is 0 Å². The lowest BCUT2D eigenvalue weighted by molar-refractivity contribution is -0.152. The summed E-state index contributed by atoms with van der Waals surface area (Å²) >= 11 is 0. The second-order valence-corrected chi connectivity index (χ2v) is 8.11. The number of carbonyl (C=O) groups is 2. The molecule has 0 unspecified atom stereocenters. The molecule has 3 aromatic carbocycles. The summed E-state index contributed by atoms with van der Waals surface area (Å²) in [5.74, 6) is -0.244. The first-order valence-corrected chi connectivity index (χ1v) is 10.8. The number of nitrogens with zero attached hydrogens (tertiary/aromatic N) is 3. The highest BCUT2D eigenvalue weighted by molar-refractivity contribution is 5.85. The summed E-state index contributed by atoms with van der Waals surface area (Å²) in [6.45, 7) is 1.51. The average Bonchev–Trinajstić information content (AvgIpc) is 2.84. The van der Waals surface area contributed by atoms with Crippen molar-refractivity contribution in [2.45, 2.75) is 20.0 Å². The highest BCUT2D eigenvalue weighted by Crippen LogP contribution is 2.22. The number of aryl methyl sites for hydroxylation is 1. The number of fused-ring (bicyclic) bond motifs is 2. The number of amides is 1. The Morgan fingerprint density at radius 1 is 1.06 bits per heavy atom. The van der Waals surface area contributed by atoms with E-state index < -0.39 is 12.6 Å². The van der Waals surface area contributed by atoms with E-state index in [9.17, 15) is 14.4 Å². The first kappa shape index (κ1) is 23.0. The summed E-state index contributed by atoms with van der Waals surface area (Å²) in [4.78, 5) is 43.1. The van der Waals surface area contributed by atoms with Gasteiger partial charge >= 0.3 is 5.97 Å². The molecule has 0 bridgehead atoms. The fraction of sp³-hybridized carbons (Fsp3) is 0.231. The number of hydrogen-bond donors (Lipinski definition) is 0. The van der Waals surface area contributed by atoms with Crippen molar-refractivity contribution >= 4 is 33.6 Å². The van der Waals surface area contributed by atoms with E-state index in [4.69, 9.17) is 9.47 Å². The fourth-order valence-electron chi connectivity index (χ4n) is 3.75. The molecule has 1 aromatic heterocycles. The topological polar surface area (TPSA) is 90.7 Å². The molecule has 0 radical (unpaired) electrons. The zero-order valence-corrected chi connectivity index (χ0v) is 19.3. The van der Waals surface area contributed by atoms with Crippen LogP contribution < -0.4 is 10.3 Å². The predicted octanol–water partition coefficient (Wildman–Crippen LogP) is 3.07. The third kappa shape index (κ3) is 4.91. The minimum absolute atomic E-state index is 0.319. The molecule has 8 heteroatoms. The Bertz CT molecular complexity index is 1440. The van der Waals surface area contributed by atoms with Gasteiger partial charge in [0.25, 0.3) is 11.5 Å². The van der Waals surface area contributed by atoms with E-state index in [-0.39, 0.29) is 18.0 Å². The number of carbonyl (C=O) groups excluding carboxylic acids is 2. The van der Waals surface area contributed by atoms with Crippen molar-refractivity contribution in [3.8, 4) is 5.75 Å². The van der Waals surface area contributed by atoms with Crippen molar-refractivity contribution in [3.63, 3.8) is 0 Å². The fourth-order valence-corrected chi connectivity index (χ4v) is 3.75. The van der Waals surface area contributed by atoms with Crippen molar-refractivity contribution in [1.29, 1.82) is 0 Å². The Morgan fingerprint density at radius 3 is 2.62 bits per heavy atom. The van der Waals surface area contributed by atoms with Crippen molar-refractivity contribution in [2.75, 3.05) is 20.8 Å². The Kier molecular flexibility index (Phi) is 6.58. The summed E-state index contributed by atoms with van der Waals surface area (Å²) < 4.78 is 11.6. The standard InChI is InChI=1S/C26H25N3O5/c1-17-5-4-6-22-25(17)27-16-29(26(22)32)14-24(31)34-15-23(30)28(2)13-18-7-8-20-12-21(33-3)10-9-19(20)11-18/h4-12,16H,13-15H2,1-3H3. The number of aromatic nitrogens is 2. The summed E-state index contributed by atoms with van der Waals surface area (Å²) in [6, 6.07) is 17.0. The second kappa shape index (κ2) is 9.74. The Morgan fingerprint density at radius 2 is 1.82 bits per heavy atom. The van der Waals surface area contributed by atoms with Gasteiger partial charge in [-0.05, 0) is 53.1 Å². The minimum atomic E-state index is -0.683. The molecule has 34 heavy (non-hydrogen) atoms. The van der Waals surface area contributed by atoms with Gasteiger partial charge in [0, 0.05) is 13.6 Å². The van der Waals surface area contributed by atoms with Crippen molar-refractivity contribution in [3.05, 3.63) is 82.4 Å². The largest absolute Gasteiger partial charge is 0.497 e.